The van der Waals surface area contributed by atoms with Crippen LogP contribution in [0, 0.1) is 5.41 Å². The summed E-state index contributed by atoms with van der Waals surface area (Å²) in [4.78, 5) is 0. The maximum absolute atomic E-state index is 2.48. The van der Waals surface area contributed by atoms with E-state index >= 15 is 0 Å². The summed E-state index contributed by atoms with van der Waals surface area (Å²) in [7, 11) is 0. The van der Waals surface area contributed by atoms with Crippen molar-refractivity contribution in [3.8, 4) is 0 Å². The molecule has 1 aliphatic rings. The molecule has 0 fully saturated rings. The minimum Gasteiger partial charge on any atom is -0.341 e. The second kappa shape index (κ2) is 4.01. The maximum atomic E-state index is 2.48. The van der Waals surface area contributed by atoms with Gasteiger partial charge in [0.15, 0.2) is 0 Å². The van der Waals surface area contributed by atoms with Crippen LogP contribution in [-0.4, -0.2) is 4.57 Å². The molecular formula is C17H21N. The van der Waals surface area contributed by atoms with Crippen LogP contribution in [0.4, 0.5) is 0 Å². The maximum Gasteiger partial charge on any atom is 0.0491 e. The van der Waals surface area contributed by atoms with Crippen LogP contribution in [0.25, 0.3) is 23.1 Å². The highest BCUT2D eigenvalue weighted by atomic mass is 15.0. The van der Waals surface area contributed by atoms with Gasteiger partial charge in [-0.1, -0.05) is 51.1 Å². The first kappa shape index (κ1) is 11.6. The van der Waals surface area contributed by atoms with Crippen molar-refractivity contribution in [3.05, 3.63) is 34.8 Å². The minimum absolute atomic E-state index is 0.286. The summed E-state index contributed by atoms with van der Waals surface area (Å²) in [6, 6.07) is 8.80. The Bertz CT molecular complexity index is 701. The van der Waals surface area contributed by atoms with Crippen LogP contribution in [0.3, 0.4) is 0 Å². The van der Waals surface area contributed by atoms with Gasteiger partial charge < -0.3 is 4.57 Å². The van der Waals surface area contributed by atoms with Gasteiger partial charge in [0.2, 0.25) is 0 Å². The van der Waals surface area contributed by atoms with Crippen LogP contribution in [0.1, 0.15) is 33.6 Å². The van der Waals surface area contributed by atoms with Crippen molar-refractivity contribution < 1.29 is 0 Å². The van der Waals surface area contributed by atoms with E-state index < -0.39 is 0 Å². The van der Waals surface area contributed by atoms with E-state index in [9.17, 15) is 0 Å². The number of fused-ring (bicyclic) bond motifs is 3. The van der Waals surface area contributed by atoms with Crippen LogP contribution >= 0.6 is 0 Å². The molecule has 0 bridgehead atoms. The molecule has 1 heterocycles. The third-order valence-electron chi connectivity index (χ3n) is 3.86. The van der Waals surface area contributed by atoms with Gasteiger partial charge in [0.05, 0.1) is 0 Å². The summed E-state index contributed by atoms with van der Waals surface area (Å²) >= 11 is 0. The highest BCUT2D eigenvalue weighted by molar-refractivity contribution is 5.82. The standard InChI is InChI=1S/C17H21N/c1-4-11-18-15-8-6-5-7-13(15)14-12-17(2,3)10-9-16(14)18/h5-9,12H,4,10-11H2,1-3H3. The number of rotatable bonds is 2. The molecule has 0 saturated heterocycles. The first-order valence-electron chi connectivity index (χ1n) is 6.93. The van der Waals surface area contributed by atoms with Crippen LogP contribution < -0.4 is 10.6 Å². The van der Waals surface area contributed by atoms with Crippen LogP contribution in [0.2, 0.25) is 0 Å². The molecule has 1 aromatic heterocycles. The van der Waals surface area contributed by atoms with Crippen molar-refractivity contribution in [2.24, 2.45) is 5.41 Å². The lowest BCUT2D eigenvalue weighted by Gasteiger charge is -2.20. The quantitative estimate of drug-likeness (QED) is 0.759. The summed E-state index contributed by atoms with van der Waals surface area (Å²) in [5, 5.41) is 4.28. The fraction of sp³-hybridized carbons (Fsp3) is 0.412. The smallest absolute Gasteiger partial charge is 0.0491 e. The second-order valence-electron chi connectivity index (χ2n) is 6.01. The topological polar surface area (TPSA) is 4.93 Å². The Kier molecular flexibility index (Phi) is 2.58. The van der Waals surface area contributed by atoms with Crippen molar-refractivity contribution in [3.63, 3.8) is 0 Å². The van der Waals surface area contributed by atoms with Gasteiger partial charge in [-0.05, 0) is 24.3 Å². The summed E-state index contributed by atoms with van der Waals surface area (Å²) in [6.45, 7) is 8.00. The number of aromatic nitrogens is 1. The van der Waals surface area contributed by atoms with Gasteiger partial charge in [0.1, 0.15) is 0 Å². The van der Waals surface area contributed by atoms with E-state index in [-0.39, 0.29) is 5.41 Å². The molecular weight excluding hydrogens is 218 g/mol. The summed E-state index contributed by atoms with van der Waals surface area (Å²) < 4.78 is 2.48. The van der Waals surface area contributed by atoms with Gasteiger partial charge in [-0.2, -0.15) is 0 Å². The van der Waals surface area contributed by atoms with E-state index in [2.05, 4.69) is 61.8 Å². The second-order valence-corrected chi connectivity index (χ2v) is 6.01. The largest absolute Gasteiger partial charge is 0.341 e. The molecule has 1 aromatic carbocycles. The minimum atomic E-state index is 0.286. The predicted molar refractivity (Wildman–Crippen MR) is 78.8 cm³/mol. The molecule has 3 rings (SSSR count). The summed E-state index contributed by atoms with van der Waals surface area (Å²) in [6.07, 6.45) is 7.20. The summed E-state index contributed by atoms with van der Waals surface area (Å²) in [5.41, 5.74) is 1.67. The molecule has 0 spiro atoms. The zero-order valence-electron chi connectivity index (χ0n) is 11.5. The van der Waals surface area contributed by atoms with Crippen LogP contribution in [-0.2, 0) is 6.54 Å². The van der Waals surface area contributed by atoms with Gasteiger partial charge in [0, 0.05) is 28.0 Å². The number of hydrogen-bond acceptors (Lipinski definition) is 0. The third kappa shape index (κ3) is 1.69. The van der Waals surface area contributed by atoms with E-state index in [1.54, 1.807) is 0 Å². The van der Waals surface area contributed by atoms with E-state index in [1.807, 2.05) is 0 Å². The Morgan fingerprint density at radius 2 is 2.00 bits per heavy atom. The zero-order chi connectivity index (χ0) is 12.8. The van der Waals surface area contributed by atoms with Crippen LogP contribution in [0.5, 0.6) is 0 Å². The van der Waals surface area contributed by atoms with Crippen molar-refractivity contribution in [2.45, 2.75) is 40.2 Å². The Labute approximate surface area is 108 Å². The zero-order valence-corrected chi connectivity index (χ0v) is 11.5. The molecule has 1 nitrogen and oxygen atoms in total. The highest BCUT2D eigenvalue weighted by Gasteiger charge is 2.18. The number of aryl methyl sites for hydroxylation is 1. The number of hydrogen-bond donors (Lipinski definition) is 0. The monoisotopic (exact) mass is 239 g/mol. The molecule has 0 radical (unpaired) electrons. The fourth-order valence-electron chi connectivity index (χ4n) is 3.00. The molecule has 0 atom stereocenters. The molecule has 18 heavy (non-hydrogen) atoms. The van der Waals surface area contributed by atoms with Gasteiger partial charge in [-0.3, -0.25) is 0 Å². The van der Waals surface area contributed by atoms with Crippen molar-refractivity contribution in [1.82, 2.24) is 4.57 Å². The van der Waals surface area contributed by atoms with Gasteiger partial charge >= 0.3 is 0 Å². The SMILES string of the molecule is CCCn1c2c(c3ccccc31)=CC(C)(C)CC=2. The molecule has 1 aliphatic carbocycles. The highest BCUT2D eigenvalue weighted by Crippen LogP contribution is 2.25. The van der Waals surface area contributed by atoms with Gasteiger partial charge in [-0.25, -0.2) is 0 Å². The van der Waals surface area contributed by atoms with Crippen molar-refractivity contribution >= 4 is 23.1 Å². The Morgan fingerprint density at radius 3 is 2.78 bits per heavy atom. The normalized spacial score (nSPS) is 17.1. The Balaban J connectivity index is 2.45. The first-order chi connectivity index (χ1) is 8.62. The van der Waals surface area contributed by atoms with Gasteiger partial charge in [-0.15, -0.1) is 0 Å². The third-order valence-corrected chi connectivity index (χ3v) is 3.86. The lowest BCUT2D eigenvalue weighted by atomic mass is 9.85. The van der Waals surface area contributed by atoms with E-state index in [4.69, 9.17) is 0 Å². The lowest BCUT2D eigenvalue weighted by Crippen LogP contribution is -2.34. The van der Waals surface area contributed by atoms with Crippen molar-refractivity contribution in [2.75, 3.05) is 0 Å². The van der Waals surface area contributed by atoms with Crippen LogP contribution in [0.15, 0.2) is 24.3 Å². The summed E-state index contributed by atoms with van der Waals surface area (Å²) in [5.74, 6) is 0. The Hall–Kier alpha value is -1.50. The average Bonchev–Trinajstić information content (AvgIpc) is 2.63. The molecule has 0 unspecified atom stereocenters. The number of nitrogens with zero attached hydrogens (tertiary/aromatic N) is 1. The molecule has 94 valence electrons. The number of para-hydroxylation sites is 1. The molecule has 2 aromatic rings. The molecule has 0 aliphatic heterocycles. The molecule has 1 heteroatoms. The molecule has 0 saturated carbocycles. The predicted octanol–water partition coefficient (Wildman–Crippen LogP) is 3.04. The average molecular weight is 239 g/mol. The Morgan fingerprint density at radius 1 is 1.22 bits per heavy atom. The number of benzene rings is 1. The van der Waals surface area contributed by atoms with Gasteiger partial charge in [0.25, 0.3) is 0 Å². The first-order valence-corrected chi connectivity index (χ1v) is 6.93. The lowest BCUT2D eigenvalue weighted by molar-refractivity contribution is 0.531. The molecule has 0 amide bonds. The fourth-order valence-corrected chi connectivity index (χ4v) is 3.00. The van der Waals surface area contributed by atoms with E-state index in [1.165, 1.54) is 27.9 Å². The van der Waals surface area contributed by atoms with E-state index in [0.29, 0.717) is 0 Å². The van der Waals surface area contributed by atoms with E-state index in [0.717, 1.165) is 13.0 Å². The molecule has 0 N–H and O–H groups in total. The van der Waals surface area contributed by atoms with Crippen molar-refractivity contribution in [1.29, 1.82) is 0 Å².